The summed E-state index contributed by atoms with van der Waals surface area (Å²) in [5, 5.41) is 1.04. The van der Waals surface area contributed by atoms with Crippen molar-refractivity contribution in [3.8, 4) is 11.4 Å². The van der Waals surface area contributed by atoms with Crippen LogP contribution in [0.4, 0.5) is 5.82 Å². The highest BCUT2D eigenvalue weighted by Crippen LogP contribution is 2.28. The van der Waals surface area contributed by atoms with E-state index in [0.717, 1.165) is 48.5 Å². The van der Waals surface area contributed by atoms with E-state index >= 15 is 0 Å². The molecule has 6 heteroatoms. The Balaban J connectivity index is 1.68. The number of fused-ring (bicyclic) bond motifs is 1. The molecule has 0 spiro atoms. The van der Waals surface area contributed by atoms with Crippen LogP contribution < -0.4 is 4.90 Å². The van der Waals surface area contributed by atoms with Crippen LogP contribution in [-0.2, 0) is 4.79 Å². The van der Waals surface area contributed by atoms with Crippen molar-refractivity contribution in [2.75, 3.05) is 31.1 Å². The van der Waals surface area contributed by atoms with Crippen LogP contribution in [0, 0.1) is 5.92 Å². The van der Waals surface area contributed by atoms with Crippen molar-refractivity contribution in [1.29, 1.82) is 0 Å². The minimum atomic E-state index is 0.0358. The highest BCUT2D eigenvalue weighted by molar-refractivity contribution is 5.91. The van der Waals surface area contributed by atoms with Crippen LogP contribution in [0.15, 0.2) is 48.8 Å². The number of piperazine rings is 1. The van der Waals surface area contributed by atoms with Crippen LogP contribution in [0.25, 0.3) is 22.3 Å². The van der Waals surface area contributed by atoms with E-state index in [1.54, 1.807) is 12.4 Å². The first kappa shape index (κ1) is 17.4. The second-order valence-corrected chi connectivity index (χ2v) is 7.10. The Morgan fingerprint density at radius 3 is 2.48 bits per heavy atom. The predicted molar refractivity (Wildman–Crippen MR) is 106 cm³/mol. The Kier molecular flexibility index (Phi) is 4.71. The molecule has 0 N–H and O–H groups in total. The van der Waals surface area contributed by atoms with Gasteiger partial charge in [-0.25, -0.2) is 9.97 Å². The molecule has 2 aromatic heterocycles. The zero-order valence-electron chi connectivity index (χ0n) is 15.7. The summed E-state index contributed by atoms with van der Waals surface area (Å²) in [4.78, 5) is 30.3. The molecule has 0 aliphatic carbocycles. The quantitative estimate of drug-likeness (QED) is 0.718. The van der Waals surface area contributed by atoms with Crippen LogP contribution in [0.1, 0.15) is 13.8 Å². The lowest BCUT2D eigenvalue weighted by Gasteiger charge is -2.36. The van der Waals surface area contributed by atoms with Gasteiger partial charge in [-0.1, -0.05) is 26.0 Å². The average molecular weight is 361 g/mol. The molecule has 1 aromatic carbocycles. The Labute approximate surface area is 158 Å². The van der Waals surface area contributed by atoms with E-state index in [1.807, 2.05) is 49.1 Å². The van der Waals surface area contributed by atoms with Crippen LogP contribution in [0.2, 0.25) is 0 Å². The van der Waals surface area contributed by atoms with Gasteiger partial charge in [-0.15, -0.1) is 0 Å². The van der Waals surface area contributed by atoms with Crippen LogP contribution in [-0.4, -0.2) is 51.9 Å². The fourth-order valence-electron chi connectivity index (χ4n) is 3.43. The molecule has 4 rings (SSSR count). The Bertz CT molecular complexity index is 949. The molecule has 1 fully saturated rings. The van der Waals surface area contributed by atoms with Gasteiger partial charge in [-0.3, -0.25) is 9.78 Å². The summed E-state index contributed by atoms with van der Waals surface area (Å²) in [6.45, 7) is 6.88. The van der Waals surface area contributed by atoms with Gasteiger partial charge in [0.25, 0.3) is 0 Å². The highest BCUT2D eigenvalue weighted by atomic mass is 16.2. The molecule has 3 aromatic rings. The summed E-state index contributed by atoms with van der Waals surface area (Å²) in [7, 11) is 0. The van der Waals surface area contributed by atoms with E-state index in [9.17, 15) is 4.79 Å². The van der Waals surface area contributed by atoms with E-state index in [2.05, 4.69) is 16.0 Å². The lowest BCUT2D eigenvalue weighted by molar-refractivity contribution is -0.134. The topological polar surface area (TPSA) is 62.2 Å². The van der Waals surface area contributed by atoms with Gasteiger partial charge in [-0.05, 0) is 24.3 Å². The van der Waals surface area contributed by atoms with Gasteiger partial charge >= 0.3 is 0 Å². The fourth-order valence-corrected chi connectivity index (χ4v) is 3.43. The molecule has 0 bridgehead atoms. The van der Waals surface area contributed by atoms with Gasteiger partial charge in [0.2, 0.25) is 5.91 Å². The van der Waals surface area contributed by atoms with Gasteiger partial charge in [0.15, 0.2) is 5.82 Å². The number of rotatable bonds is 3. The van der Waals surface area contributed by atoms with Crippen LogP contribution >= 0.6 is 0 Å². The molecule has 6 nitrogen and oxygen atoms in total. The van der Waals surface area contributed by atoms with Gasteiger partial charge in [0.05, 0.1) is 5.52 Å². The molecule has 27 heavy (non-hydrogen) atoms. The molecule has 1 amide bonds. The van der Waals surface area contributed by atoms with Gasteiger partial charge in [-0.2, -0.15) is 0 Å². The summed E-state index contributed by atoms with van der Waals surface area (Å²) in [6.07, 6.45) is 3.53. The third-order valence-corrected chi connectivity index (χ3v) is 4.89. The maximum absolute atomic E-state index is 12.3. The highest BCUT2D eigenvalue weighted by Gasteiger charge is 2.25. The molecule has 1 aliphatic rings. The number of amides is 1. The zero-order chi connectivity index (χ0) is 18.8. The number of carbonyl (C=O) groups excluding carboxylic acids is 1. The molecule has 1 saturated heterocycles. The molecule has 3 heterocycles. The predicted octanol–water partition coefficient (Wildman–Crippen LogP) is 3.00. The van der Waals surface area contributed by atoms with Crippen molar-refractivity contribution in [3.63, 3.8) is 0 Å². The first-order valence-corrected chi connectivity index (χ1v) is 9.34. The Hall–Kier alpha value is -3.02. The monoisotopic (exact) mass is 361 g/mol. The lowest BCUT2D eigenvalue weighted by atomic mass is 10.1. The summed E-state index contributed by atoms with van der Waals surface area (Å²) >= 11 is 0. The third-order valence-electron chi connectivity index (χ3n) is 4.89. The largest absolute Gasteiger partial charge is 0.352 e. The Morgan fingerprint density at radius 2 is 1.78 bits per heavy atom. The summed E-state index contributed by atoms with van der Waals surface area (Å²) in [5.74, 6) is 1.86. The molecule has 0 atom stereocenters. The van der Waals surface area contributed by atoms with Crippen molar-refractivity contribution in [2.24, 2.45) is 5.92 Å². The summed E-state index contributed by atoms with van der Waals surface area (Å²) < 4.78 is 0. The maximum Gasteiger partial charge on any atom is 0.225 e. The minimum Gasteiger partial charge on any atom is -0.352 e. The Morgan fingerprint density at radius 1 is 1.00 bits per heavy atom. The fraction of sp³-hybridized carbons (Fsp3) is 0.333. The second-order valence-electron chi connectivity index (χ2n) is 7.10. The van der Waals surface area contributed by atoms with Crippen molar-refractivity contribution >= 4 is 22.6 Å². The van der Waals surface area contributed by atoms with Gasteiger partial charge in [0.1, 0.15) is 5.82 Å². The molecular formula is C21H23N5O. The SMILES string of the molecule is CC(C)C(=O)N1CCN(c2nc(-c3cccnc3)nc3ccccc23)CC1. The molecule has 0 saturated carbocycles. The molecule has 138 valence electrons. The smallest absolute Gasteiger partial charge is 0.225 e. The number of anilines is 1. The lowest BCUT2D eigenvalue weighted by Crippen LogP contribution is -2.50. The van der Waals surface area contributed by atoms with E-state index < -0.39 is 0 Å². The summed E-state index contributed by atoms with van der Waals surface area (Å²) in [6, 6.07) is 11.9. The molecule has 0 radical (unpaired) electrons. The minimum absolute atomic E-state index is 0.0358. The molecule has 0 unspecified atom stereocenters. The maximum atomic E-state index is 12.3. The molecular weight excluding hydrogens is 338 g/mol. The van der Waals surface area contributed by atoms with Crippen molar-refractivity contribution in [3.05, 3.63) is 48.8 Å². The number of hydrogen-bond donors (Lipinski definition) is 0. The first-order chi connectivity index (χ1) is 13.1. The van der Waals surface area contributed by atoms with Crippen LogP contribution in [0.3, 0.4) is 0 Å². The number of aromatic nitrogens is 3. The number of para-hydroxylation sites is 1. The van der Waals surface area contributed by atoms with Gasteiger partial charge in [0, 0.05) is 55.4 Å². The van der Waals surface area contributed by atoms with Crippen molar-refractivity contribution in [1.82, 2.24) is 19.9 Å². The van der Waals surface area contributed by atoms with Crippen molar-refractivity contribution < 1.29 is 4.79 Å². The number of pyridine rings is 1. The standard InChI is InChI=1S/C21H23N5O/c1-15(2)21(27)26-12-10-25(11-13-26)20-17-7-3-4-8-18(17)23-19(24-20)16-6-5-9-22-14-16/h3-9,14-15H,10-13H2,1-2H3. The van der Waals surface area contributed by atoms with Crippen LogP contribution in [0.5, 0.6) is 0 Å². The average Bonchev–Trinajstić information content (AvgIpc) is 2.73. The normalized spacial score (nSPS) is 14.8. The third kappa shape index (κ3) is 3.47. The zero-order valence-corrected chi connectivity index (χ0v) is 15.7. The first-order valence-electron chi connectivity index (χ1n) is 9.34. The van der Waals surface area contributed by atoms with E-state index in [1.165, 1.54) is 0 Å². The van der Waals surface area contributed by atoms with Crippen molar-refractivity contribution in [2.45, 2.75) is 13.8 Å². The van der Waals surface area contributed by atoms with Gasteiger partial charge < -0.3 is 9.80 Å². The number of benzene rings is 1. The summed E-state index contributed by atoms with van der Waals surface area (Å²) in [5.41, 5.74) is 1.82. The van der Waals surface area contributed by atoms with E-state index in [4.69, 9.17) is 9.97 Å². The van der Waals surface area contributed by atoms with E-state index in [0.29, 0.717) is 5.82 Å². The molecule has 1 aliphatic heterocycles. The number of hydrogen-bond acceptors (Lipinski definition) is 5. The number of nitrogens with zero attached hydrogens (tertiary/aromatic N) is 5. The van der Waals surface area contributed by atoms with E-state index in [-0.39, 0.29) is 11.8 Å². The second kappa shape index (κ2) is 7.31. The number of carbonyl (C=O) groups is 1.